The van der Waals surface area contributed by atoms with Crippen LogP contribution < -0.4 is 5.32 Å². The Labute approximate surface area is 124 Å². The highest BCUT2D eigenvalue weighted by Gasteiger charge is 2.08. The maximum atomic E-state index is 5.38. The lowest BCUT2D eigenvalue weighted by atomic mass is 10.2. The number of nitrogens with zero attached hydrogens (tertiary/aromatic N) is 2. The van der Waals surface area contributed by atoms with Crippen molar-refractivity contribution >= 4 is 11.0 Å². The second-order valence-electron chi connectivity index (χ2n) is 5.44. The van der Waals surface area contributed by atoms with Gasteiger partial charge in [-0.3, -0.25) is 0 Å². The number of para-hydroxylation sites is 2. The minimum absolute atomic E-state index is 0.395. The summed E-state index contributed by atoms with van der Waals surface area (Å²) in [5, 5.41) is 3.54. The number of aryl methyl sites for hydroxylation is 1. The minimum atomic E-state index is 0.395. The average Bonchev–Trinajstić information content (AvgIpc) is 3.07. The Morgan fingerprint density at radius 3 is 2.90 bits per heavy atom. The summed E-state index contributed by atoms with van der Waals surface area (Å²) < 4.78 is 7.64. The van der Waals surface area contributed by atoms with Crippen LogP contribution in [0.15, 0.2) is 47.1 Å². The number of rotatable bonds is 6. The number of hydrogen-bond acceptors (Lipinski definition) is 3. The van der Waals surface area contributed by atoms with Crippen LogP contribution in [-0.2, 0) is 13.0 Å². The van der Waals surface area contributed by atoms with Gasteiger partial charge < -0.3 is 14.3 Å². The third-order valence-electron chi connectivity index (χ3n) is 3.76. The van der Waals surface area contributed by atoms with Crippen molar-refractivity contribution in [1.29, 1.82) is 0 Å². The van der Waals surface area contributed by atoms with E-state index >= 15 is 0 Å². The topological polar surface area (TPSA) is 43.0 Å². The van der Waals surface area contributed by atoms with Gasteiger partial charge in [0.1, 0.15) is 11.6 Å². The fraction of sp³-hybridized carbons (Fsp3) is 0.353. The summed E-state index contributed by atoms with van der Waals surface area (Å²) >= 11 is 0. The fourth-order valence-electron chi connectivity index (χ4n) is 2.70. The molecule has 0 radical (unpaired) electrons. The molecule has 0 bridgehead atoms. The van der Waals surface area contributed by atoms with E-state index in [1.54, 1.807) is 6.26 Å². The van der Waals surface area contributed by atoms with Gasteiger partial charge in [0, 0.05) is 25.6 Å². The van der Waals surface area contributed by atoms with E-state index in [2.05, 4.69) is 46.9 Å². The maximum Gasteiger partial charge on any atom is 0.106 e. The van der Waals surface area contributed by atoms with Crippen LogP contribution in [-0.4, -0.2) is 22.1 Å². The Balaban J connectivity index is 1.58. The van der Waals surface area contributed by atoms with Crippen molar-refractivity contribution < 1.29 is 4.42 Å². The summed E-state index contributed by atoms with van der Waals surface area (Å²) in [4.78, 5) is 4.59. The molecule has 1 aromatic carbocycles. The quantitative estimate of drug-likeness (QED) is 0.755. The number of furan rings is 1. The zero-order chi connectivity index (χ0) is 14.7. The molecule has 0 aliphatic heterocycles. The van der Waals surface area contributed by atoms with Crippen LogP contribution >= 0.6 is 0 Å². The molecule has 1 atom stereocenters. The molecule has 0 aliphatic carbocycles. The number of nitrogens with one attached hydrogen (secondary N) is 1. The zero-order valence-corrected chi connectivity index (χ0v) is 12.5. The Morgan fingerprint density at radius 2 is 2.10 bits per heavy atom. The predicted molar refractivity (Wildman–Crippen MR) is 84.3 cm³/mol. The largest absolute Gasteiger partial charge is 0.469 e. The minimum Gasteiger partial charge on any atom is -0.469 e. The monoisotopic (exact) mass is 283 g/mol. The molecule has 21 heavy (non-hydrogen) atoms. The molecule has 0 saturated carbocycles. The lowest BCUT2D eigenvalue weighted by Crippen LogP contribution is -2.31. The summed E-state index contributed by atoms with van der Waals surface area (Å²) in [5.41, 5.74) is 2.27. The third kappa shape index (κ3) is 3.16. The second kappa shape index (κ2) is 6.14. The average molecular weight is 283 g/mol. The normalized spacial score (nSPS) is 12.9. The van der Waals surface area contributed by atoms with Gasteiger partial charge in [-0.05, 0) is 38.1 Å². The number of hydrogen-bond donors (Lipinski definition) is 1. The van der Waals surface area contributed by atoms with Crippen molar-refractivity contribution in [1.82, 2.24) is 14.9 Å². The number of benzene rings is 1. The molecule has 0 spiro atoms. The molecule has 4 nitrogen and oxygen atoms in total. The molecule has 3 aromatic rings. The van der Waals surface area contributed by atoms with Crippen molar-refractivity contribution in [3.63, 3.8) is 0 Å². The van der Waals surface area contributed by atoms with E-state index in [4.69, 9.17) is 4.42 Å². The summed E-state index contributed by atoms with van der Waals surface area (Å²) in [6.07, 6.45) is 2.64. The summed E-state index contributed by atoms with van der Waals surface area (Å²) in [5.74, 6) is 2.09. The van der Waals surface area contributed by atoms with E-state index in [1.807, 2.05) is 18.2 Å². The molecular weight excluding hydrogens is 262 g/mol. The highest BCUT2D eigenvalue weighted by atomic mass is 16.3. The van der Waals surface area contributed by atoms with E-state index in [0.717, 1.165) is 36.6 Å². The lowest BCUT2D eigenvalue weighted by molar-refractivity contribution is 0.449. The molecule has 4 heteroatoms. The van der Waals surface area contributed by atoms with Crippen LogP contribution in [0.1, 0.15) is 18.5 Å². The SMILES string of the molecule is Cc1nc2ccccc2n1CCNC(C)Cc1ccco1. The maximum absolute atomic E-state index is 5.38. The molecule has 0 fully saturated rings. The van der Waals surface area contributed by atoms with Gasteiger partial charge in [-0.15, -0.1) is 0 Å². The van der Waals surface area contributed by atoms with Gasteiger partial charge >= 0.3 is 0 Å². The van der Waals surface area contributed by atoms with Gasteiger partial charge in [-0.2, -0.15) is 0 Å². The molecular formula is C17H21N3O. The summed E-state index contributed by atoms with van der Waals surface area (Å²) in [7, 11) is 0. The molecule has 0 amide bonds. The molecule has 2 heterocycles. The second-order valence-corrected chi connectivity index (χ2v) is 5.44. The molecule has 3 rings (SSSR count). The molecule has 0 saturated heterocycles. The van der Waals surface area contributed by atoms with Gasteiger partial charge in [-0.25, -0.2) is 4.98 Å². The molecule has 1 N–H and O–H groups in total. The molecule has 2 aromatic heterocycles. The standard InChI is InChI=1S/C17H21N3O/c1-13(12-15-6-5-11-21-15)18-9-10-20-14(2)19-16-7-3-4-8-17(16)20/h3-8,11,13,18H,9-10,12H2,1-2H3. The van der Waals surface area contributed by atoms with E-state index in [0.29, 0.717) is 6.04 Å². The highest BCUT2D eigenvalue weighted by molar-refractivity contribution is 5.75. The van der Waals surface area contributed by atoms with Gasteiger partial charge in [-0.1, -0.05) is 12.1 Å². The van der Waals surface area contributed by atoms with Gasteiger partial charge in [0.15, 0.2) is 0 Å². The molecule has 110 valence electrons. The number of imidazole rings is 1. The van der Waals surface area contributed by atoms with E-state index in [9.17, 15) is 0 Å². The molecule has 0 aliphatic rings. The predicted octanol–water partition coefficient (Wildman–Crippen LogP) is 3.16. The zero-order valence-electron chi connectivity index (χ0n) is 12.5. The fourth-order valence-corrected chi connectivity index (χ4v) is 2.70. The van der Waals surface area contributed by atoms with Crippen molar-refractivity contribution in [2.75, 3.05) is 6.54 Å². The van der Waals surface area contributed by atoms with E-state index in [1.165, 1.54) is 5.52 Å². The lowest BCUT2D eigenvalue weighted by Gasteiger charge is -2.13. The van der Waals surface area contributed by atoms with Gasteiger partial charge in [0.2, 0.25) is 0 Å². The van der Waals surface area contributed by atoms with Gasteiger partial charge in [0.25, 0.3) is 0 Å². The Morgan fingerprint density at radius 1 is 1.24 bits per heavy atom. The van der Waals surface area contributed by atoms with Crippen molar-refractivity contribution in [3.8, 4) is 0 Å². The first-order chi connectivity index (χ1) is 10.2. The van der Waals surface area contributed by atoms with E-state index in [-0.39, 0.29) is 0 Å². The van der Waals surface area contributed by atoms with Gasteiger partial charge in [0.05, 0.1) is 17.3 Å². The smallest absolute Gasteiger partial charge is 0.106 e. The van der Waals surface area contributed by atoms with Crippen LogP contribution in [0.4, 0.5) is 0 Å². The van der Waals surface area contributed by atoms with Crippen LogP contribution in [0.25, 0.3) is 11.0 Å². The summed E-state index contributed by atoms with van der Waals surface area (Å²) in [6, 6.07) is 12.6. The van der Waals surface area contributed by atoms with E-state index < -0.39 is 0 Å². The van der Waals surface area contributed by atoms with Crippen LogP contribution in [0, 0.1) is 6.92 Å². The summed E-state index contributed by atoms with van der Waals surface area (Å²) in [6.45, 7) is 6.09. The van der Waals surface area contributed by atoms with Crippen LogP contribution in [0.3, 0.4) is 0 Å². The Kier molecular flexibility index (Phi) is 4.06. The molecule has 1 unspecified atom stereocenters. The first kappa shape index (κ1) is 13.9. The Bertz CT molecular complexity index is 700. The Hall–Kier alpha value is -2.07. The first-order valence-corrected chi connectivity index (χ1v) is 7.41. The van der Waals surface area contributed by atoms with Crippen LogP contribution in [0.5, 0.6) is 0 Å². The third-order valence-corrected chi connectivity index (χ3v) is 3.76. The number of aromatic nitrogens is 2. The van der Waals surface area contributed by atoms with Crippen molar-refractivity contribution in [2.45, 2.75) is 32.9 Å². The number of fused-ring (bicyclic) bond motifs is 1. The van der Waals surface area contributed by atoms with Crippen molar-refractivity contribution in [3.05, 3.63) is 54.2 Å². The van der Waals surface area contributed by atoms with Crippen molar-refractivity contribution in [2.24, 2.45) is 0 Å². The van der Waals surface area contributed by atoms with Crippen LogP contribution in [0.2, 0.25) is 0 Å². The first-order valence-electron chi connectivity index (χ1n) is 7.41. The highest BCUT2D eigenvalue weighted by Crippen LogP contribution is 2.14.